The van der Waals surface area contributed by atoms with E-state index in [2.05, 4.69) is 0 Å². The molecule has 0 fully saturated rings. The Bertz CT molecular complexity index is 560. The van der Waals surface area contributed by atoms with Crippen molar-refractivity contribution in [3.05, 3.63) is 33.1 Å². The monoisotopic (exact) mass is 257 g/mol. The molecule has 1 aromatic heterocycles. The van der Waals surface area contributed by atoms with Crippen LogP contribution in [0.5, 0.6) is 0 Å². The summed E-state index contributed by atoms with van der Waals surface area (Å²) >= 11 is 0. The van der Waals surface area contributed by atoms with Crippen molar-refractivity contribution in [3.63, 3.8) is 0 Å². The van der Waals surface area contributed by atoms with E-state index in [-0.39, 0.29) is 0 Å². The fourth-order valence-electron chi connectivity index (χ4n) is 1.15. The zero-order chi connectivity index (χ0) is 13.7. The van der Waals surface area contributed by atoms with Crippen molar-refractivity contribution in [2.45, 2.75) is 12.6 Å². The number of aliphatic carboxylic acids is 1. The molecular weight excluding hydrogens is 246 g/mol. The van der Waals surface area contributed by atoms with Crippen LogP contribution in [0.3, 0.4) is 0 Å². The summed E-state index contributed by atoms with van der Waals surface area (Å²) in [4.78, 5) is 45.9. The van der Waals surface area contributed by atoms with Crippen molar-refractivity contribution in [1.82, 2.24) is 14.9 Å². The average Bonchev–Trinajstić information content (AvgIpc) is 2.29. The van der Waals surface area contributed by atoms with Gasteiger partial charge in [0.15, 0.2) is 0 Å². The smallest absolute Gasteiger partial charge is 0.328 e. The van der Waals surface area contributed by atoms with E-state index in [4.69, 9.17) is 10.2 Å². The van der Waals surface area contributed by atoms with Gasteiger partial charge in [-0.3, -0.25) is 19.1 Å². The minimum absolute atomic E-state index is 0.459. The quantitative estimate of drug-likeness (QED) is 0.445. The number of hydrogen-bond acceptors (Lipinski definition) is 5. The van der Waals surface area contributed by atoms with Crippen LogP contribution in [-0.4, -0.2) is 44.3 Å². The summed E-state index contributed by atoms with van der Waals surface area (Å²) in [6.07, 6.45) is 1.11. The molecule has 0 aliphatic carbocycles. The minimum atomic E-state index is -1.43. The summed E-state index contributed by atoms with van der Waals surface area (Å²) in [5, 5.41) is 19.3. The van der Waals surface area contributed by atoms with E-state index in [1.165, 1.54) is 0 Å². The molecule has 98 valence electrons. The number of nitrogens with one attached hydrogen (secondary N) is 2. The summed E-state index contributed by atoms with van der Waals surface area (Å²) in [7, 11) is 0. The van der Waals surface area contributed by atoms with Gasteiger partial charge in [-0.15, -0.1) is 0 Å². The molecule has 1 rings (SSSR count). The highest BCUT2D eigenvalue weighted by molar-refractivity contribution is 5.83. The Balaban J connectivity index is 2.73. The summed E-state index contributed by atoms with van der Waals surface area (Å²) in [6.45, 7) is -1.22. The summed E-state index contributed by atoms with van der Waals surface area (Å²) in [5.41, 5.74) is -1.39. The van der Waals surface area contributed by atoms with Gasteiger partial charge in [0.05, 0.1) is 6.61 Å². The number of aliphatic hydroxyl groups excluding tert-OH is 1. The molecule has 1 aromatic rings. The topological polar surface area (TPSA) is 141 Å². The van der Waals surface area contributed by atoms with Crippen LogP contribution in [0.1, 0.15) is 0 Å². The lowest BCUT2D eigenvalue weighted by molar-refractivity contribution is -0.143. The predicted molar refractivity (Wildman–Crippen MR) is 58.0 cm³/mol. The Morgan fingerprint density at radius 1 is 1.44 bits per heavy atom. The molecule has 0 aromatic carbocycles. The number of aromatic nitrogens is 2. The summed E-state index contributed by atoms with van der Waals surface area (Å²) < 4.78 is 0.896. The molecule has 0 saturated carbocycles. The SMILES string of the molecule is O=C(Cn1ccc(=O)[nH]c1=O)N[C@H](CO)C(=O)O. The molecule has 4 N–H and O–H groups in total. The minimum Gasteiger partial charge on any atom is -0.480 e. The van der Waals surface area contributed by atoms with Gasteiger partial charge in [-0.05, 0) is 0 Å². The maximum absolute atomic E-state index is 11.4. The lowest BCUT2D eigenvalue weighted by atomic mass is 10.3. The maximum Gasteiger partial charge on any atom is 0.328 e. The molecule has 0 unspecified atom stereocenters. The van der Waals surface area contributed by atoms with Gasteiger partial charge >= 0.3 is 11.7 Å². The molecule has 0 spiro atoms. The average molecular weight is 257 g/mol. The van der Waals surface area contributed by atoms with Crippen LogP contribution < -0.4 is 16.6 Å². The Morgan fingerprint density at radius 3 is 2.61 bits per heavy atom. The molecular formula is C9H11N3O6. The van der Waals surface area contributed by atoms with Crippen molar-refractivity contribution >= 4 is 11.9 Å². The van der Waals surface area contributed by atoms with Crippen LogP contribution in [-0.2, 0) is 16.1 Å². The number of carbonyl (C=O) groups excluding carboxylic acids is 1. The first-order valence-electron chi connectivity index (χ1n) is 4.87. The second-order valence-electron chi connectivity index (χ2n) is 3.38. The second-order valence-corrected chi connectivity index (χ2v) is 3.38. The fourth-order valence-corrected chi connectivity index (χ4v) is 1.15. The second kappa shape index (κ2) is 5.77. The Morgan fingerprint density at radius 2 is 2.11 bits per heavy atom. The third kappa shape index (κ3) is 3.56. The van der Waals surface area contributed by atoms with Gasteiger partial charge < -0.3 is 15.5 Å². The van der Waals surface area contributed by atoms with Crippen molar-refractivity contribution in [1.29, 1.82) is 0 Å². The highest BCUT2D eigenvalue weighted by Gasteiger charge is 2.18. The van der Waals surface area contributed by atoms with Gasteiger partial charge in [-0.1, -0.05) is 0 Å². The normalized spacial score (nSPS) is 11.8. The molecule has 9 heteroatoms. The van der Waals surface area contributed by atoms with E-state index in [1.807, 2.05) is 10.3 Å². The first-order chi connectivity index (χ1) is 8.43. The number of aromatic amines is 1. The predicted octanol–water partition coefficient (Wildman–Crippen LogP) is -2.90. The highest BCUT2D eigenvalue weighted by Crippen LogP contribution is 1.85. The first kappa shape index (κ1) is 13.6. The number of rotatable bonds is 5. The third-order valence-corrected chi connectivity index (χ3v) is 2.03. The number of amides is 1. The van der Waals surface area contributed by atoms with Crippen LogP contribution >= 0.6 is 0 Å². The maximum atomic E-state index is 11.4. The molecule has 0 radical (unpaired) electrons. The van der Waals surface area contributed by atoms with Crippen LogP contribution in [0.15, 0.2) is 21.9 Å². The van der Waals surface area contributed by atoms with Crippen LogP contribution in [0.25, 0.3) is 0 Å². The Labute approximate surface area is 99.7 Å². The van der Waals surface area contributed by atoms with Gasteiger partial charge in [0, 0.05) is 12.3 Å². The first-order valence-corrected chi connectivity index (χ1v) is 4.87. The lowest BCUT2D eigenvalue weighted by Gasteiger charge is -2.11. The summed E-state index contributed by atoms with van der Waals surface area (Å²) in [5.74, 6) is -2.16. The van der Waals surface area contributed by atoms with Gasteiger partial charge in [-0.2, -0.15) is 0 Å². The van der Waals surface area contributed by atoms with Gasteiger partial charge in [0.1, 0.15) is 12.6 Å². The van der Waals surface area contributed by atoms with Crippen molar-refractivity contribution < 1.29 is 19.8 Å². The number of carboxylic acid groups (broad SMARTS) is 1. The molecule has 0 saturated heterocycles. The highest BCUT2D eigenvalue weighted by atomic mass is 16.4. The number of carboxylic acids is 1. The van der Waals surface area contributed by atoms with E-state index in [0.717, 1.165) is 16.8 Å². The van der Waals surface area contributed by atoms with E-state index < -0.39 is 42.3 Å². The van der Waals surface area contributed by atoms with E-state index in [1.54, 1.807) is 0 Å². The van der Waals surface area contributed by atoms with Crippen LogP contribution in [0.4, 0.5) is 0 Å². The molecule has 18 heavy (non-hydrogen) atoms. The van der Waals surface area contributed by atoms with E-state index >= 15 is 0 Å². The third-order valence-electron chi connectivity index (χ3n) is 2.03. The van der Waals surface area contributed by atoms with Crippen molar-refractivity contribution in [2.24, 2.45) is 0 Å². The van der Waals surface area contributed by atoms with E-state index in [9.17, 15) is 19.2 Å². The molecule has 1 amide bonds. The van der Waals surface area contributed by atoms with Crippen LogP contribution in [0.2, 0.25) is 0 Å². The van der Waals surface area contributed by atoms with E-state index in [0.29, 0.717) is 0 Å². The molecule has 1 heterocycles. The zero-order valence-electron chi connectivity index (χ0n) is 9.12. The van der Waals surface area contributed by atoms with Gasteiger partial charge in [-0.25, -0.2) is 9.59 Å². The van der Waals surface area contributed by atoms with Gasteiger partial charge in [0.2, 0.25) is 5.91 Å². The summed E-state index contributed by atoms with van der Waals surface area (Å²) in [6, 6.07) is -0.383. The standard InChI is InChI=1S/C9H11N3O6/c13-4-5(8(16)17)10-7(15)3-12-2-1-6(14)11-9(12)18/h1-2,5,13H,3-4H2,(H,10,15)(H,16,17)(H,11,14,18)/t5-/m1/s1. The Kier molecular flexibility index (Phi) is 4.38. The molecule has 0 aliphatic rings. The fraction of sp³-hybridized carbons (Fsp3) is 0.333. The van der Waals surface area contributed by atoms with Crippen molar-refractivity contribution in [2.75, 3.05) is 6.61 Å². The number of aliphatic hydroxyl groups is 1. The number of nitrogens with zero attached hydrogens (tertiary/aromatic N) is 1. The zero-order valence-corrected chi connectivity index (χ0v) is 9.12. The lowest BCUT2D eigenvalue weighted by Crippen LogP contribution is -2.45. The van der Waals surface area contributed by atoms with Gasteiger partial charge in [0.25, 0.3) is 5.56 Å². The molecule has 1 atom stereocenters. The molecule has 0 aliphatic heterocycles. The number of carbonyl (C=O) groups is 2. The largest absolute Gasteiger partial charge is 0.480 e. The van der Waals surface area contributed by atoms with Crippen LogP contribution in [0, 0.1) is 0 Å². The molecule has 0 bridgehead atoms. The van der Waals surface area contributed by atoms with Crippen molar-refractivity contribution in [3.8, 4) is 0 Å². The Hall–Kier alpha value is -2.42. The number of H-pyrrole nitrogens is 1. The molecule has 9 nitrogen and oxygen atoms in total. The number of hydrogen-bond donors (Lipinski definition) is 4.